The van der Waals surface area contributed by atoms with Crippen molar-refractivity contribution in [2.75, 3.05) is 18.9 Å². The molecule has 1 aromatic rings. The van der Waals surface area contributed by atoms with Crippen LogP contribution in [0.25, 0.3) is 0 Å². The van der Waals surface area contributed by atoms with Crippen molar-refractivity contribution in [3.05, 3.63) is 22.7 Å². The van der Waals surface area contributed by atoms with E-state index in [1.165, 1.54) is 0 Å². The van der Waals surface area contributed by atoms with E-state index < -0.39 is 5.97 Å². The molecule has 0 saturated heterocycles. The average molecular weight is 258 g/mol. The van der Waals surface area contributed by atoms with Gasteiger partial charge in [-0.1, -0.05) is 18.5 Å². The van der Waals surface area contributed by atoms with Crippen LogP contribution in [0.3, 0.4) is 0 Å². The molecular formula is C12H16ClNO3. The maximum Gasteiger partial charge on any atom is 0.341 e. The Labute approximate surface area is 106 Å². The summed E-state index contributed by atoms with van der Waals surface area (Å²) < 4.78 is 10.3. The van der Waals surface area contributed by atoms with Crippen LogP contribution in [-0.2, 0) is 4.74 Å². The Hall–Kier alpha value is -1.42. The van der Waals surface area contributed by atoms with Crippen molar-refractivity contribution in [3.8, 4) is 5.75 Å². The highest BCUT2D eigenvalue weighted by molar-refractivity contribution is 6.34. The monoisotopic (exact) mass is 257 g/mol. The molecule has 0 heterocycles. The van der Waals surface area contributed by atoms with Gasteiger partial charge in [0.15, 0.2) is 0 Å². The topological polar surface area (TPSA) is 61.5 Å². The summed E-state index contributed by atoms with van der Waals surface area (Å²) in [5.41, 5.74) is 6.23. The largest absolute Gasteiger partial charge is 0.492 e. The molecule has 2 N–H and O–H groups in total. The molecule has 4 nitrogen and oxygen atoms in total. The molecule has 1 rings (SSSR count). The fourth-order valence-electron chi connectivity index (χ4n) is 1.33. The number of nitrogen functional groups attached to an aromatic ring is 1. The Kier molecular flexibility index (Phi) is 5.10. The number of hydrogen-bond donors (Lipinski definition) is 1. The van der Waals surface area contributed by atoms with Crippen LogP contribution in [0.4, 0.5) is 5.69 Å². The van der Waals surface area contributed by atoms with Crippen LogP contribution < -0.4 is 10.5 Å². The summed E-state index contributed by atoms with van der Waals surface area (Å²) in [5, 5.41) is 0.270. The van der Waals surface area contributed by atoms with E-state index in [4.69, 9.17) is 26.8 Å². The van der Waals surface area contributed by atoms with E-state index in [9.17, 15) is 4.79 Å². The molecule has 0 amide bonds. The van der Waals surface area contributed by atoms with Gasteiger partial charge in [-0.05, 0) is 25.5 Å². The number of carbonyl (C=O) groups excluding carboxylic acids is 1. The second kappa shape index (κ2) is 6.35. The number of halogens is 1. The molecule has 0 aliphatic rings. The third-order valence-corrected chi connectivity index (χ3v) is 2.41. The molecule has 0 spiro atoms. The van der Waals surface area contributed by atoms with Crippen molar-refractivity contribution in [3.63, 3.8) is 0 Å². The Morgan fingerprint density at radius 2 is 2.12 bits per heavy atom. The summed E-state index contributed by atoms with van der Waals surface area (Å²) in [6.45, 7) is 4.56. The minimum atomic E-state index is -0.518. The van der Waals surface area contributed by atoms with Gasteiger partial charge < -0.3 is 15.2 Å². The van der Waals surface area contributed by atoms with Gasteiger partial charge in [-0.3, -0.25) is 0 Å². The van der Waals surface area contributed by atoms with E-state index in [0.717, 1.165) is 6.42 Å². The van der Waals surface area contributed by atoms with Crippen molar-refractivity contribution in [1.82, 2.24) is 0 Å². The Bertz CT molecular complexity index is 407. The number of esters is 1. The minimum Gasteiger partial charge on any atom is -0.492 e. The SMILES string of the molecule is CCCOC(=O)c1c(Cl)ccc(OCC)c1N. The van der Waals surface area contributed by atoms with E-state index in [0.29, 0.717) is 19.0 Å². The summed E-state index contributed by atoms with van der Waals surface area (Å²) in [4.78, 5) is 11.8. The maximum atomic E-state index is 11.8. The first-order chi connectivity index (χ1) is 8.11. The van der Waals surface area contributed by atoms with Crippen molar-refractivity contribution in [2.45, 2.75) is 20.3 Å². The molecule has 0 fully saturated rings. The van der Waals surface area contributed by atoms with Crippen LogP contribution in [0.1, 0.15) is 30.6 Å². The first-order valence-electron chi connectivity index (χ1n) is 5.49. The van der Waals surface area contributed by atoms with E-state index in [1.54, 1.807) is 12.1 Å². The van der Waals surface area contributed by atoms with Gasteiger partial charge in [0.25, 0.3) is 0 Å². The number of ether oxygens (including phenoxy) is 2. The van der Waals surface area contributed by atoms with E-state index >= 15 is 0 Å². The number of hydrogen-bond acceptors (Lipinski definition) is 4. The first kappa shape index (κ1) is 13.6. The summed E-state index contributed by atoms with van der Waals surface area (Å²) in [7, 11) is 0. The lowest BCUT2D eigenvalue weighted by Gasteiger charge is -2.12. The number of rotatable bonds is 5. The van der Waals surface area contributed by atoms with Crippen LogP contribution in [0.15, 0.2) is 12.1 Å². The van der Waals surface area contributed by atoms with Crippen LogP contribution in [0.5, 0.6) is 5.75 Å². The van der Waals surface area contributed by atoms with E-state index in [2.05, 4.69) is 0 Å². The fourth-order valence-corrected chi connectivity index (χ4v) is 1.57. The predicted octanol–water partition coefficient (Wildman–Crippen LogP) is 2.89. The van der Waals surface area contributed by atoms with Crippen LogP contribution in [0.2, 0.25) is 5.02 Å². The van der Waals surface area contributed by atoms with Crippen LogP contribution >= 0.6 is 11.6 Å². The highest BCUT2D eigenvalue weighted by Gasteiger charge is 2.18. The minimum absolute atomic E-state index is 0.172. The lowest BCUT2D eigenvalue weighted by atomic mass is 10.1. The van der Waals surface area contributed by atoms with E-state index in [1.807, 2.05) is 13.8 Å². The molecule has 0 radical (unpaired) electrons. The molecule has 0 saturated carbocycles. The van der Waals surface area contributed by atoms with Gasteiger partial charge in [0.05, 0.1) is 23.9 Å². The quantitative estimate of drug-likeness (QED) is 0.651. The predicted molar refractivity (Wildman–Crippen MR) is 67.6 cm³/mol. The fraction of sp³-hybridized carbons (Fsp3) is 0.417. The Morgan fingerprint density at radius 3 is 2.71 bits per heavy atom. The molecule has 0 aliphatic heterocycles. The molecule has 94 valence electrons. The first-order valence-corrected chi connectivity index (χ1v) is 5.87. The lowest BCUT2D eigenvalue weighted by molar-refractivity contribution is 0.0506. The van der Waals surface area contributed by atoms with E-state index in [-0.39, 0.29) is 16.3 Å². The summed E-state index contributed by atoms with van der Waals surface area (Å²) in [6, 6.07) is 3.21. The van der Waals surface area contributed by atoms with Crippen molar-refractivity contribution >= 4 is 23.3 Å². The molecule has 17 heavy (non-hydrogen) atoms. The number of benzene rings is 1. The number of carbonyl (C=O) groups is 1. The van der Waals surface area contributed by atoms with Gasteiger partial charge in [0.1, 0.15) is 11.3 Å². The molecule has 1 aromatic carbocycles. The van der Waals surface area contributed by atoms with Crippen LogP contribution in [0, 0.1) is 0 Å². The average Bonchev–Trinajstić information content (AvgIpc) is 2.30. The lowest BCUT2D eigenvalue weighted by Crippen LogP contribution is -2.11. The summed E-state index contributed by atoms with van der Waals surface area (Å²) >= 11 is 5.94. The van der Waals surface area contributed by atoms with Crippen molar-refractivity contribution in [2.24, 2.45) is 0 Å². The molecule has 0 aromatic heterocycles. The number of nitrogens with two attached hydrogens (primary N) is 1. The summed E-state index contributed by atoms with van der Waals surface area (Å²) in [5.74, 6) is -0.0729. The zero-order chi connectivity index (χ0) is 12.8. The van der Waals surface area contributed by atoms with Crippen molar-refractivity contribution in [1.29, 1.82) is 0 Å². The normalized spacial score (nSPS) is 10.1. The Morgan fingerprint density at radius 1 is 1.41 bits per heavy atom. The molecule has 0 unspecified atom stereocenters. The van der Waals surface area contributed by atoms with Gasteiger partial charge >= 0.3 is 5.97 Å². The molecule has 0 atom stereocenters. The third-order valence-electron chi connectivity index (χ3n) is 2.10. The van der Waals surface area contributed by atoms with Crippen LogP contribution in [-0.4, -0.2) is 19.2 Å². The zero-order valence-electron chi connectivity index (χ0n) is 9.96. The zero-order valence-corrected chi connectivity index (χ0v) is 10.7. The van der Waals surface area contributed by atoms with Gasteiger partial charge in [-0.2, -0.15) is 0 Å². The smallest absolute Gasteiger partial charge is 0.341 e. The standard InChI is InChI=1S/C12H16ClNO3/c1-3-7-17-12(15)10-8(13)5-6-9(11(10)14)16-4-2/h5-6H,3-4,7,14H2,1-2H3. The molecule has 0 bridgehead atoms. The molecule has 5 heteroatoms. The Balaban J connectivity index is 3.04. The number of anilines is 1. The van der Waals surface area contributed by atoms with Gasteiger partial charge in [0, 0.05) is 0 Å². The van der Waals surface area contributed by atoms with Crippen molar-refractivity contribution < 1.29 is 14.3 Å². The molecular weight excluding hydrogens is 242 g/mol. The second-order valence-electron chi connectivity index (χ2n) is 3.40. The third kappa shape index (κ3) is 3.27. The van der Waals surface area contributed by atoms with Gasteiger partial charge in [0.2, 0.25) is 0 Å². The maximum absolute atomic E-state index is 11.8. The van der Waals surface area contributed by atoms with Gasteiger partial charge in [-0.25, -0.2) is 4.79 Å². The second-order valence-corrected chi connectivity index (χ2v) is 3.81. The molecule has 0 aliphatic carbocycles. The summed E-state index contributed by atoms with van der Waals surface area (Å²) in [6.07, 6.45) is 0.744. The highest BCUT2D eigenvalue weighted by atomic mass is 35.5. The van der Waals surface area contributed by atoms with Gasteiger partial charge in [-0.15, -0.1) is 0 Å². The highest BCUT2D eigenvalue weighted by Crippen LogP contribution is 2.31.